The highest BCUT2D eigenvalue weighted by molar-refractivity contribution is 5.98. The van der Waals surface area contributed by atoms with E-state index in [1.54, 1.807) is 32.4 Å². The zero-order valence-electron chi connectivity index (χ0n) is 8.02. The summed E-state index contributed by atoms with van der Waals surface area (Å²) in [6.07, 6.45) is 1.02. The van der Waals surface area contributed by atoms with Crippen LogP contribution >= 0.6 is 0 Å². The van der Waals surface area contributed by atoms with Crippen molar-refractivity contribution in [2.45, 2.75) is 6.23 Å². The molecule has 0 aliphatic carbocycles. The Kier molecular flexibility index (Phi) is 2.09. The van der Waals surface area contributed by atoms with Crippen LogP contribution in [0.3, 0.4) is 0 Å². The Labute approximate surface area is 81.7 Å². The minimum absolute atomic E-state index is 0.140. The summed E-state index contributed by atoms with van der Waals surface area (Å²) in [4.78, 5) is 17.2. The van der Waals surface area contributed by atoms with Crippen LogP contribution in [0, 0.1) is 0 Å². The molecule has 74 valence electrons. The molecule has 1 aromatic heterocycles. The molecule has 1 aliphatic heterocycles. The molecule has 1 amide bonds. The lowest BCUT2D eigenvalue weighted by atomic mass is 10.3. The van der Waals surface area contributed by atoms with E-state index in [0.29, 0.717) is 11.6 Å². The number of hydrogen-bond acceptors (Lipinski definition) is 4. The maximum absolute atomic E-state index is 11.6. The molecule has 5 heteroatoms. The smallest absolute Gasteiger partial charge is 0.284 e. The van der Waals surface area contributed by atoms with Gasteiger partial charge in [0.25, 0.3) is 5.91 Å². The first-order valence-corrected chi connectivity index (χ1v) is 4.30. The molecule has 1 N–H and O–H groups in total. The number of rotatable bonds is 1. The highest BCUT2D eigenvalue weighted by Crippen LogP contribution is 2.29. The third-order valence-electron chi connectivity index (χ3n) is 2.13. The number of fused-ring (bicyclic) bond motifs is 1. The van der Waals surface area contributed by atoms with Gasteiger partial charge in [-0.1, -0.05) is 0 Å². The molecule has 0 saturated carbocycles. The standard InChI is InChI=1S/C9H11N3O2/c1-10-8-9(13)12(2)7-6(14-8)4-3-5-11-7/h3-5,8,10H,1-2H3. The van der Waals surface area contributed by atoms with Gasteiger partial charge in [0.2, 0.25) is 6.23 Å². The third kappa shape index (κ3) is 1.22. The van der Waals surface area contributed by atoms with Crippen molar-refractivity contribution in [3.05, 3.63) is 18.3 Å². The lowest BCUT2D eigenvalue weighted by Gasteiger charge is -2.30. The lowest BCUT2D eigenvalue weighted by molar-refractivity contribution is -0.127. The zero-order valence-corrected chi connectivity index (χ0v) is 8.02. The van der Waals surface area contributed by atoms with E-state index in [0.717, 1.165) is 0 Å². The zero-order chi connectivity index (χ0) is 10.1. The average Bonchev–Trinajstić information content (AvgIpc) is 2.23. The number of ether oxygens (including phenoxy) is 1. The Morgan fingerprint density at radius 3 is 3.14 bits per heavy atom. The maximum Gasteiger partial charge on any atom is 0.284 e. The molecule has 5 nitrogen and oxygen atoms in total. The normalized spacial score (nSPS) is 20.3. The molecule has 0 spiro atoms. The fraction of sp³-hybridized carbons (Fsp3) is 0.333. The van der Waals surface area contributed by atoms with Crippen molar-refractivity contribution in [2.24, 2.45) is 0 Å². The lowest BCUT2D eigenvalue weighted by Crippen LogP contribution is -2.50. The molecule has 0 fully saturated rings. The van der Waals surface area contributed by atoms with Crippen molar-refractivity contribution >= 4 is 11.7 Å². The number of anilines is 1. The molecule has 0 radical (unpaired) electrons. The fourth-order valence-corrected chi connectivity index (χ4v) is 1.37. The summed E-state index contributed by atoms with van der Waals surface area (Å²) in [5, 5.41) is 2.78. The summed E-state index contributed by atoms with van der Waals surface area (Å²) >= 11 is 0. The van der Waals surface area contributed by atoms with Crippen molar-refractivity contribution < 1.29 is 9.53 Å². The van der Waals surface area contributed by atoms with Crippen molar-refractivity contribution in [3.63, 3.8) is 0 Å². The van der Waals surface area contributed by atoms with Gasteiger partial charge in [-0.15, -0.1) is 0 Å². The highest BCUT2D eigenvalue weighted by Gasteiger charge is 2.31. The highest BCUT2D eigenvalue weighted by atomic mass is 16.5. The summed E-state index contributed by atoms with van der Waals surface area (Å²) in [6, 6.07) is 3.56. The summed E-state index contributed by atoms with van der Waals surface area (Å²) in [6.45, 7) is 0. The van der Waals surface area contributed by atoms with Gasteiger partial charge in [0.1, 0.15) is 0 Å². The second kappa shape index (κ2) is 3.26. The van der Waals surface area contributed by atoms with E-state index in [9.17, 15) is 4.79 Å². The SMILES string of the molecule is CNC1Oc2cccnc2N(C)C1=O. The van der Waals surface area contributed by atoms with Gasteiger partial charge in [-0.25, -0.2) is 4.98 Å². The minimum Gasteiger partial charge on any atom is -0.462 e. The number of pyridine rings is 1. The Morgan fingerprint density at radius 1 is 1.64 bits per heavy atom. The molecule has 0 bridgehead atoms. The largest absolute Gasteiger partial charge is 0.462 e. The van der Waals surface area contributed by atoms with Crippen molar-refractivity contribution in [3.8, 4) is 5.75 Å². The molecule has 1 aliphatic rings. The number of carbonyl (C=O) groups is 1. The Balaban J connectivity index is 2.42. The third-order valence-corrected chi connectivity index (χ3v) is 2.13. The molecular weight excluding hydrogens is 182 g/mol. The van der Waals surface area contributed by atoms with Crippen LogP contribution in [0.15, 0.2) is 18.3 Å². The Morgan fingerprint density at radius 2 is 2.43 bits per heavy atom. The predicted octanol–water partition coefficient (Wildman–Crippen LogP) is -0.0177. The van der Waals surface area contributed by atoms with Gasteiger partial charge in [0, 0.05) is 13.2 Å². The molecule has 2 heterocycles. The fourth-order valence-electron chi connectivity index (χ4n) is 1.37. The summed E-state index contributed by atoms with van der Waals surface area (Å²) < 4.78 is 5.40. The summed E-state index contributed by atoms with van der Waals surface area (Å²) in [5.41, 5.74) is 0. The average molecular weight is 193 g/mol. The number of nitrogens with zero attached hydrogens (tertiary/aromatic N) is 2. The van der Waals surface area contributed by atoms with Gasteiger partial charge < -0.3 is 4.74 Å². The van der Waals surface area contributed by atoms with Crippen LogP contribution in [-0.2, 0) is 4.79 Å². The second-order valence-corrected chi connectivity index (χ2v) is 3.01. The van der Waals surface area contributed by atoms with Gasteiger partial charge in [0.05, 0.1) is 0 Å². The van der Waals surface area contributed by atoms with Gasteiger partial charge in [-0.3, -0.25) is 15.0 Å². The van der Waals surface area contributed by atoms with Crippen LogP contribution in [0.25, 0.3) is 0 Å². The number of nitrogens with one attached hydrogen (secondary N) is 1. The molecule has 14 heavy (non-hydrogen) atoms. The van der Waals surface area contributed by atoms with Crippen molar-refractivity contribution in [1.82, 2.24) is 10.3 Å². The topological polar surface area (TPSA) is 54.5 Å². The minimum atomic E-state index is -0.614. The van der Waals surface area contributed by atoms with Gasteiger partial charge in [0.15, 0.2) is 11.6 Å². The Bertz CT molecular complexity index is 367. The van der Waals surface area contributed by atoms with E-state index in [-0.39, 0.29) is 5.91 Å². The van der Waals surface area contributed by atoms with Gasteiger partial charge in [-0.05, 0) is 19.2 Å². The van der Waals surface area contributed by atoms with E-state index in [1.807, 2.05) is 0 Å². The first-order valence-electron chi connectivity index (χ1n) is 4.30. The number of likely N-dealkylation sites (N-methyl/N-ethyl adjacent to an activating group) is 2. The molecule has 1 aromatic rings. The number of carbonyl (C=O) groups excluding carboxylic acids is 1. The van der Waals surface area contributed by atoms with Crippen molar-refractivity contribution in [1.29, 1.82) is 0 Å². The van der Waals surface area contributed by atoms with Crippen molar-refractivity contribution in [2.75, 3.05) is 19.0 Å². The van der Waals surface area contributed by atoms with Gasteiger partial charge >= 0.3 is 0 Å². The van der Waals surface area contributed by atoms with Crippen LogP contribution in [0.5, 0.6) is 5.75 Å². The predicted molar refractivity (Wildman–Crippen MR) is 51.1 cm³/mol. The maximum atomic E-state index is 11.6. The van der Waals surface area contributed by atoms with Crippen LogP contribution in [-0.4, -0.2) is 31.2 Å². The molecule has 1 atom stereocenters. The molecule has 1 unspecified atom stereocenters. The quantitative estimate of drug-likeness (QED) is 0.681. The number of hydrogen-bond donors (Lipinski definition) is 1. The first-order chi connectivity index (χ1) is 6.74. The number of amides is 1. The van der Waals surface area contributed by atoms with Crippen LogP contribution in [0.1, 0.15) is 0 Å². The van der Waals surface area contributed by atoms with E-state index < -0.39 is 6.23 Å². The molecule has 0 saturated heterocycles. The number of aromatic nitrogens is 1. The van der Waals surface area contributed by atoms with E-state index in [2.05, 4.69) is 10.3 Å². The molecular formula is C9H11N3O2. The summed E-state index contributed by atoms with van der Waals surface area (Å²) in [7, 11) is 3.36. The second-order valence-electron chi connectivity index (χ2n) is 3.01. The van der Waals surface area contributed by atoms with E-state index >= 15 is 0 Å². The molecule has 0 aromatic carbocycles. The van der Waals surface area contributed by atoms with E-state index in [4.69, 9.17) is 4.74 Å². The van der Waals surface area contributed by atoms with Crippen LogP contribution < -0.4 is 15.0 Å². The Hall–Kier alpha value is -1.62. The van der Waals surface area contributed by atoms with Gasteiger partial charge in [-0.2, -0.15) is 0 Å². The van der Waals surface area contributed by atoms with Crippen LogP contribution in [0.2, 0.25) is 0 Å². The summed E-state index contributed by atoms with van der Waals surface area (Å²) in [5.74, 6) is 1.04. The monoisotopic (exact) mass is 193 g/mol. The first kappa shape index (κ1) is 8.96. The molecule has 2 rings (SSSR count). The van der Waals surface area contributed by atoms with E-state index in [1.165, 1.54) is 4.90 Å². The van der Waals surface area contributed by atoms with Crippen LogP contribution in [0.4, 0.5) is 5.82 Å².